The summed E-state index contributed by atoms with van der Waals surface area (Å²) in [6.07, 6.45) is 6.21. The van der Waals surface area contributed by atoms with E-state index >= 15 is 0 Å². The Balaban J connectivity index is 1.65. The molecule has 2 aromatic rings. The lowest BCUT2D eigenvalue weighted by molar-refractivity contribution is -0.119. The summed E-state index contributed by atoms with van der Waals surface area (Å²) in [4.78, 5) is 23.1. The van der Waals surface area contributed by atoms with Crippen LogP contribution >= 0.6 is 11.3 Å². The Morgan fingerprint density at radius 2 is 2.38 bits per heavy atom. The molecule has 0 saturated carbocycles. The zero-order chi connectivity index (χ0) is 14.7. The highest BCUT2D eigenvalue weighted by Gasteiger charge is 2.28. The molecule has 21 heavy (non-hydrogen) atoms. The van der Waals surface area contributed by atoms with Crippen molar-refractivity contribution in [2.75, 3.05) is 18.4 Å². The van der Waals surface area contributed by atoms with Crippen LogP contribution in [0.5, 0.6) is 0 Å². The molecule has 2 aromatic heterocycles. The van der Waals surface area contributed by atoms with Crippen molar-refractivity contribution < 1.29 is 4.79 Å². The first-order chi connectivity index (χ1) is 10.3. The summed E-state index contributed by atoms with van der Waals surface area (Å²) >= 11 is 1.40. The van der Waals surface area contributed by atoms with E-state index < -0.39 is 0 Å². The number of nitrogens with one attached hydrogen (secondary N) is 1. The first-order valence-electron chi connectivity index (χ1n) is 6.59. The minimum atomic E-state index is -0.146. The number of hydrogen-bond acceptors (Lipinski definition) is 6. The standard InChI is InChI=1S/C14H13N5OS/c15-9-19-6-4-10(8-19)13(20)18-14-17-7-12(21-14)11-3-1-2-5-16-11/h1-3,5,7,10H,4,6,8H2,(H,17,18,20). The van der Waals surface area contributed by atoms with Crippen LogP contribution in [0.15, 0.2) is 30.6 Å². The van der Waals surface area contributed by atoms with Gasteiger partial charge >= 0.3 is 0 Å². The van der Waals surface area contributed by atoms with Gasteiger partial charge in [0.1, 0.15) is 0 Å². The molecule has 7 heteroatoms. The van der Waals surface area contributed by atoms with Crippen LogP contribution in [0.25, 0.3) is 10.6 Å². The molecule has 1 N–H and O–H groups in total. The summed E-state index contributed by atoms with van der Waals surface area (Å²) in [6, 6.07) is 5.67. The molecule has 1 atom stereocenters. The Hall–Kier alpha value is -2.46. The van der Waals surface area contributed by atoms with Crippen molar-refractivity contribution in [2.45, 2.75) is 6.42 Å². The monoisotopic (exact) mass is 299 g/mol. The molecule has 6 nitrogen and oxygen atoms in total. The molecule has 1 saturated heterocycles. The number of nitriles is 1. The fourth-order valence-electron chi connectivity index (χ4n) is 2.23. The van der Waals surface area contributed by atoms with Gasteiger partial charge in [-0.2, -0.15) is 5.26 Å². The zero-order valence-corrected chi connectivity index (χ0v) is 12.0. The van der Waals surface area contributed by atoms with Gasteiger partial charge in [0.2, 0.25) is 5.91 Å². The normalized spacial score (nSPS) is 17.5. The third kappa shape index (κ3) is 3.01. The van der Waals surface area contributed by atoms with Crippen molar-refractivity contribution in [3.63, 3.8) is 0 Å². The molecule has 1 unspecified atom stereocenters. The molecule has 106 valence electrons. The summed E-state index contributed by atoms with van der Waals surface area (Å²) in [7, 11) is 0. The number of nitrogens with zero attached hydrogens (tertiary/aromatic N) is 4. The molecule has 0 bridgehead atoms. The number of thiazole rings is 1. The highest BCUT2D eigenvalue weighted by atomic mass is 32.1. The molecule has 1 aliphatic heterocycles. The number of rotatable bonds is 3. The van der Waals surface area contributed by atoms with Crippen molar-refractivity contribution in [3.05, 3.63) is 30.6 Å². The lowest BCUT2D eigenvalue weighted by Gasteiger charge is -2.08. The predicted octanol–water partition coefficient (Wildman–Crippen LogP) is 1.95. The number of amides is 1. The largest absolute Gasteiger partial charge is 0.310 e. The highest BCUT2D eigenvalue weighted by molar-refractivity contribution is 7.19. The molecule has 0 spiro atoms. The summed E-state index contributed by atoms with van der Waals surface area (Å²) < 4.78 is 0. The molecule has 0 aliphatic carbocycles. The molecule has 3 rings (SSSR count). The molecule has 3 heterocycles. The van der Waals surface area contributed by atoms with Crippen molar-refractivity contribution >= 4 is 22.4 Å². The molecular formula is C14H13N5OS. The first-order valence-corrected chi connectivity index (χ1v) is 7.40. The predicted molar refractivity (Wildman–Crippen MR) is 79.3 cm³/mol. The van der Waals surface area contributed by atoms with Gasteiger partial charge in [-0.05, 0) is 18.6 Å². The van der Waals surface area contributed by atoms with Gasteiger partial charge < -0.3 is 10.2 Å². The van der Waals surface area contributed by atoms with Crippen LogP contribution in [-0.2, 0) is 4.79 Å². The molecule has 1 aliphatic rings. The van der Waals surface area contributed by atoms with Crippen molar-refractivity contribution in [1.29, 1.82) is 5.26 Å². The van der Waals surface area contributed by atoms with Crippen LogP contribution in [0.2, 0.25) is 0 Å². The molecular weight excluding hydrogens is 286 g/mol. The van der Waals surface area contributed by atoms with Gasteiger partial charge in [0.15, 0.2) is 11.3 Å². The lowest BCUT2D eigenvalue weighted by Crippen LogP contribution is -2.25. The second-order valence-electron chi connectivity index (χ2n) is 4.77. The third-order valence-electron chi connectivity index (χ3n) is 3.35. The van der Waals surface area contributed by atoms with E-state index in [0.717, 1.165) is 10.6 Å². The minimum absolute atomic E-state index is 0.0744. The zero-order valence-electron chi connectivity index (χ0n) is 11.2. The fraction of sp³-hybridized carbons (Fsp3) is 0.286. The summed E-state index contributed by atoms with van der Waals surface area (Å²) in [6.45, 7) is 1.13. The van der Waals surface area contributed by atoms with Gasteiger partial charge in [-0.25, -0.2) is 4.98 Å². The van der Waals surface area contributed by atoms with E-state index in [-0.39, 0.29) is 11.8 Å². The Labute approximate surface area is 126 Å². The van der Waals surface area contributed by atoms with Crippen LogP contribution < -0.4 is 5.32 Å². The number of hydrogen-bond donors (Lipinski definition) is 1. The molecule has 0 aromatic carbocycles. The molecule has 1 fully saturated rings. The van der Waals surface area contributed by atoms with E-state index in [1.807, 2.05) is 18.2 Å². The number of likely N-dealkylation sites (tertiary alicyclic amines) is 1. The van der Waals surface area contributed by atoms with Crippen LogP contribution in [0.3, 0.4) is 0 Å². The smallest absolute Gasteiger partial charge is 0.231 e. The maximum Gasteiger partial charge on any atom is 0.231 e. The van der Waals surface area contributed by atoms with E-state index in [1.54, 1.807) is 17.3 Å². The number of pyridine rings is 1. The lowest BCUT2D eigenvalue weighted by atomic mass is 10.1. The quantitative estimate of drug-likeness (QED) is 0.876. The van der Waals surface area contributed by atoms with E-state index in [9.17, 15) is 4.79 Å². The van der Waals surface area contributed by atoms with E-state index in [4.69, 9.17) is 5.26 Å². The van der Waals surface area contributed by atoms with Crippen molar-refractivity contribution in [1.82, 2.24) is 14.9 Å². The maximum atomic E-state index is 12.1. The average Bonchev–Trinajstić information content (AvgIpc) is 3.17. The van der Waals surface area contributed by atoms with E-state index in [0.29, 0.717) is 24.6 Å². The highest BCUT2D eigenvalue weighted by Crippen LogP contribution is 2.28. The van der Waals surface area contributed by atoms with Crippen LogP contribution in [-0.4, -0.2) is 33.9 Å². The Morgan fingerprint density at radius 1 is 1.48 bits per heavy atom. The summed E-state index contributed by atoms with van der Waals surface area (Å²) in [5.74, 6) is -0.221. The van der Waals surface area contributed by atoms with Crippen LogP contribution in [0, 0.1) is 17.4 Å². The SMILES string of the molecule is N#CN1CCC(C(=O)Nc2ncc(-c3ccccn3)s2)C1. The topological polar surface area (TPSA) is 81.9 Å². The second-order valence-corrected chi connectivity index (χ2v) is 5.80. The molecule has 1 amide bonds. The Morgan fingerprint density at radius 3 is 3.10 bits per heavy atom. The van der Waals surface area contributed by atoms with Gasteiger partial charge in [-0.1, -0.05) is 17.4 Å². The second kappa shape index (κ2) is 5.89. The third-order valence-corrected chi connectivity index (χ3v) is 4.29. The average molecular weight is 299 g/mol. The summed E-state index contributed by atoms with van der Waals surface area (Å²) in [5, 5.41) is 12.2. The molecule has 0 radical (unpaired) electrons. The number of carbonyl (C=O) groups excluding carboxylic acids is 1. The number of anilines is 1. The van der Waals surface area contributed by atoms with Gasteiger partial charge in [0.25, 0.3) is 0 Å². The Kier molecular flexibility index (Phi) is 3.79. The fourth-order valence-corrected chi connectivity index (χ4v) is 3.03. The van der Waals surface area contributed by atoms with Gasteiger partial charge in [0, 0.05) is 25.5 Å². The van der Waals surface area contributed by atoms with E-state index in [2.05, 4.69) is 21.5 Å². The van der Waals surface area contributed by atoms with Crippen molar-refractivity contribution in [2.24, 2.45) is 5.92 Å². The van der Waals surface area contributed by atoms with Crippen molar-refractivity contribution in [3.8, 4) is 16.8 Å². The van der Waals surface area contributed by atoms with Gasteiger partial charge in [-0.15, -0.1) is 0 Å². The number of aromatic nitrogens is 2. The van der Waals surface area contributed by atoms with Gasteiger partial charge in [0.05, 0.1) is 16.5 Å². The number of carbonyl (C=O) groups is 1. The Bertz CT molecular complexity index is 678. The van der Waals surface area contributed by atoms with Gasteiger partial charge in [-0.3, -0.25) is 9.78 Å². The maximum absolute atomic E-state index is 12.1. The van der Waals surface area contributed by atoms with Crippen LogP contribution in [0.4, 0.5) is 5.13 Å². The first kappa shape index (κ1) is 13.5. The summed E-state index contributed by atoms with van der Waals surface area (Å²) in [5.41, 5.74) is 0.840. The van der Waals surface area contributed by atoms with Crippen LogP contribution in [0.1, 0.15) is 6.42 Å². The minimum Gasteiger partial charge on any atom is -0.310 e. The van der Waals surface area contributed by atoms with E-state index in [1.165, 1.54) is 11.3 Å².